The van der Waals surface area contributed by atoms with Crippen molar-refractivity contribution >= 4 is 5.78 Å². The molecule has 1 aromatic carbocycles. The second-order valence-electron chi connectivity index (χ2n) is 7.02. The average molecular weight is 360 g/mol. The Labute approximate surface area is 156 Å². The van der Waals surface area contributed by atoms with Crippen LogP contribution in [0.3, 0.4) is 0 Å². The van der Waals surface area contributed by atoms with E-state index in [0.717, 1.165) is 11.5 Å². The molecule has 1 fully saturated rings. The maximum atomic E-state index is 12.7. The smallest absolute Gasteiger partial charge is 0.251 e. The van der Waals surface area contributed by atoms with Crippen molar-refractivity contribution in [2.75, 3.05) is 0 Å². The number of ketones is 1. The third kappa shape index (κ3) is 4.00. The van der Waals surface area contributed by atoms with E-state index in [2.05, 4.69) is 44.2 Å². The molecule has 6 nitrogen and oxygen atoms in total. The zero-order valence-corrected chi connectivity index (χ0v) is 15.1. The number of aromatic amines is 1. The molecule has 27 heavy (non-hydrogen) atoms. The lowest BCUT2D eigenvalue weighted by atomic mass is 9.93. The summed E-state index contributed by atoms with van der Waals surface area (Å²) in [7, 11) is 0. The van der Waals surface area contributed by atoms with Crippen LogP contribution in [0.25, 0.3) is 11.6 Å². The molecule has 6 heteroatoms. The van der Waals surface area contributed by atoms with Gasteiger partial charge in [0.1, 0.15) is 5.69 Å². The number of carbonyl (C=O) groups excluding carboxylic acids is 1. The Hall–Kier alpha value is -3.15. The minimum Gasteiger partial charge on any atom is -0.304 e. The number of Topliss-reactive ketones (excluding diaryl/α,β-unsaturated/α-hetero) is 1. The molecule has 0 radical (unpaired) electrons. The zero-order chi connectivity index (χ0) is 18.8. The summed E-state index contributed by atoms with van der Waals surface area (Å²) in [6, 6.07) is 11.4. The van der Waals surface area contributed by atoms with Crippen LogP contribution in [-0.4, -0.2) is 25.7 Å². The van der Waals surface area contributed by atoms with Gasteiger partial charge in [-0.05, 0) is 41.9 Å². The first-order valence-corrected chi connectivity index (χ1v) is 9.12. The Bertz CT molecular complexity index is 1010. The van der Waals surface area contributed by atoms with Gasteiger partial charge in [-0.2, -0.15) is 0 Å². The molecule has 0 aliphatic heterocycles. The third-order valence-corrected chi connectivity index (χ3v) is 4.85. The van der Waals surface area contributed by atoms with Gasteiger partial charge in [0.05, 0.1) is 0 Å². The molecule has 1 aliphatic carbocycles. The van der Waals surface area contributed by atoms with Gasteiger partial charge in [0.15, 0.2) is 17.4 Å². The number of carbonyl (C=O) groups is 1. The summed E-state index contributed by atoms with van der Waals surface area (Å²) in [6.07, 6.45) is 5.95. The Balaban J connectivity index is 1.52. The molecule has 3 aromatic rings. The van der Waals surface area contributed by atoms with E-state index in [1.807, 2.05) is 6.92 Å². The van der Waals surface area contributed by atoms with Crippen LogP contribution in [0.5, 0.6) is 0 Å². The van der Waals surface area contributed by atoms with Crippen molar-refractivity contribution in [3.05, 3.63) is 76.0 Å². The Morgan fingerprint density at radius 1 is 1.19 bits per heavy atom. The van der Waals surface area contributed by atoms with E-state index in [1.165, 1.54) is 24.5 Å². The fourth-order valence-electron chi connectivity index (χ4n) is 3.14. The van der Waals surface area contributed by atoms with Gasteiger partial charge in [-0.15, -0.1) is 0 Å². The fourth-order valence-corrected chi connectivity index (χ4v) is 3.14. The van der Waals surface area contributed by atoms with Crippen molar-refractivity contribution in [2.45, 2.75) is 38.0 Å². The fraction of sp³-hybridized carbons (Fsp3) is 0.286. The van der Waals surface area contributed by atoms with E-state index < -0.39 is 5.56 Å². The summed E-state index contributed by atoms with van der Waals surface area (Å²) in [6.45, 7) is 2.01. The van der Waals surface area contributed by atoms with Crippen LogP contribution in [0, 0.1) is 0 Å². The molecule has 0 spiro atoms. The summed E-state index contributed by atoms with van der Waals surface area (Å²) < 4.78 is 0. The number of hydrogen-bond donors (Lipinski definition) is 1. The number of aromatic nitrogens is 4. The van der Waals surface area contributed by atoms with Crippen LogP contribution in [0.2, 0.25) is 0 Å². The van der Waals surface area contributed by atoms with Gasteiger partial charge in [-0.25, -0.2) is 15.0 Å². The van der Waals surface area contributed by atoms with Crippen LogP contribution in [0.15, 0.2) is 53.6 Å². The summed E-state index contributed by atoms with van der Waals surface area (Å²) in [5.41, 5.74) is 2.24. The number of nitrogens with zero attached hydrogens (tertiary/aromatic N) is 3. The van der Waals surface area contributed by atoms with Crippen molar-refractivity contribution in [3.8, 4) is 11.6 Å². The average Bonchev–Trinajstić information content (AvgIpc) is 3.53. The molecule has 136 valence electrons. The van der Waals surface area contributed by atoms with Crippen molar-refractivity contribution in [1.82, 2.24) is 19.9 Å². The van der Waals surface area contributed by atoms with Crippen LogP contribution < -0.4 is 5.56 Å². The molecular formula is C21H20N4O2. The Kier molecular flexibility index (Phi) is 4.62. The summed E-state index contributed by atoms with van der Waals surface area (Å²) in [4.78, 5) is 39.6. The topological polar surface area (TPSA) is 88.6 Å². The molecule has 0 unspecified atom stereocenters. The third-order valence-electron chi connectivity index (χ3n) is 4.85. The van der Waals surface area contributed by atoms with Crippen LogP contribution in [0.4, 0.5) is 0 Å². The number of hydrogen-bond acceptors (Lipinski definition) is 5. The first-order valence-electron chi connectivity index (χ1n) is 9.12. The Morgan fingerprint density at radius 2 is 1.89 bits per heavy atom. The predicted octanol–water partition coefficient (Wildman–Crippen LogP) is 3.48. The molecule has 1 atom stereocenters. The molecule has 0 amide bonds. The van der Waals surface area contributed by atoms with Gasteiger partial charge in [-0.1, -0.05) is 31.2 Å². The quantitative estimate of drug-likeness (QED) is 0.680. The summed E-state index contributed by atoms with van der Waals surface area (Å²) >= 11 is 0. The molecule has 1 aliphatic rings. The van der Waals surface area contributed by atoms with Crippen molar-refractivity contribution in [2.24, 2.45) is 0 Å². The molecule has 0 saturated heterocycles. The first-order chi connectivity index (χ1) is 13.1. The Morgan fingerprint density at radius 3 is 2.56 bits per heavy atom. The highest BCUT2D eigenvalue weighted by Gasteiger charge is 2.23. The first kappa shape index (κ1) is 17.3. The lowest BCUT2D eigenvalue weighted by molar-refractivity contribution is 0.0970. The van der Waals surface area contributed by atoms with Gasteiger partial charge < -0.3 is 4.98 Å². The molecule has 1 N–H and O–H groups in total. The highest BCUT2D eigenvalue weighted by Crippen LogP contribution is 2.40. The maximum absolute atomic E-state index is 12.7. The van der Waals surface area contributed by atoms with Crippen molar-refractivity contribution in [1.29, 1.82) is 0 Å². The number of benzene rings is 1. The number of rotatable bonds is 6. The largest absolute Gasteiger partial charge is 0.304 e. The van der Waals surface area contributed by atoms with Gasteiger partial charge in [0.2, 0.25) is 0 Å². The van der Waals surface area contributed by atoms with E-state index >= 15 is 0 Å². The molecule has 4 rings (SSSR count). The lowest BCUT2D eigenvalue weighted by Gasteiger charge is -2.12. The monoisotopic (exact) mass is 360 g/mol. The highest BCUT2D eigenvalue weighted by molar-refractivity contribution is 5.94. The normalized spacial score (nSPS) is 14.7. The van der Waals surface area contributed by atoms with Gasteiger partial charge in [0.25, 0.3) is 5.56 Å². The summed E-state index contributed by atoms with van der Waals surface area (Å²) in [5.74, 6) is 1.08. The van der Waals surface area contributed by atoms with E-state index in [-0.39, 0.29) is 35.5 Å². The van der Waals surface area contributed by atoms with Gasteiger partial charge >= 0.3 is 0 Å². The van der Waals surface area contributed by atoms with Crippen LogP contribution in [-0.2, 0) is 0 Å². The van der Waals surface area contributed by atoms with Crippen LogP contribution in [0.1, 0.15) is 59.6 Å². The van der Waals surface area contributed by atoms with E-state index in [9.17, 15) is 9.59 Å². The zero-order valence-electron chi connectivity index (χ0n) is 15.1. The van der Waals surface area contributed by atoms with Crippen LogP contribution >= 0.6 is 0 Å². The number of H-pyrrole nitrogens is 1. The molecule has 1 saturated carbocycles. The van der Waals surface area contributed by atoms with E-state index in [1.54, 1.807) is 18.5 Å². The minimum absolute atomic E-state index is 0.0447. The molecule has 0 bridgehead atoms. The van der Waals surface area contributed by atoms with Crippen molar-refractivity contribution < 1.29 is 4.79 Å². The maximum Gasteiger partial charge on any atom is 0.251 e. The van der Waals surface area contributed by atoms with E-state index in [0.29, 0.717) is 0 Å². The lowest BCUT2D eigenvalue weighted by Crippen LogP contribution is -2.16. The minimum atomic E-state index is -0.391. The van der Waals surface area contributed by atoms with Gasteiger partial charge in [0, 0.05) is 24.9 Å². The molecular weight excluding hydrogens is 340 g/mol. The summed E-state index contributed by atoms with van der Waals surface area (Å²) in [5, 5.41) is 0. The number of nitrogens with one attached hydrogen (secondary N) is 1. The highest BCUT2D eigenvalue weighted by atomic mass is 16.1. The van der Waals surface area contributed by atoms with Crippen molar-refractivity contribution in [3.63, 3.8) is 0 Å². The molecule has 2 heterocycles. The molecule has 2 aromatic heterocycles. The van der Waals surface area contributed by atoms with E-state index in [4.69, 9.17) is 0 Å². The van der Waals surface area contributed by atoms with Gasteiger partial charge in [-0.3, -0.25) is 9.59 Å². The second-order valence-corrected chi connectivity index (χ2v) is 7.02. The standard InChI is InChI=1S/C21H20N4O2/c1-13(14-3-5-15(6-4-14)16-7-8-16)11-18(26)17-12-19(27)25-21(24-17)20-22-9-2-10-23-20/h2-6,9-10,12-13,16H,7-8,11H2,1H3,(H,24,25,27)/t13-/m0/s1. The second kappa shape index (κ2) is 7.23. The predicted molar refractivity (Wildman–Crippen MR) is 102 cm³/mol. The SMILES string of the molecule is C[C@@H](CC(=O)c1cc(=O)[nH]c(-c2ncccn2)n1)c1ccc(C2CC2)cc1.